The van der Waals surface area contributed by atoms with Gasteiger partial charge in [-0.1, -0.05) is 100 Å². The maximum atomic E-state index is 15.0. The highest BCUT2D eigenvalue weighted by Crippen LogP contribution is 2.65. The van der Waals surface area contributed by atoms with Gasteiger partial charge in [0, 0.05) is 32.2 Å². The van der Waals surface area contributed by atoms with E-state index in [1.807, 2.05) is 48.5 Å². The molecule has 1 unspecified atom stereocenters. The van der Waals surface area contributed by atoms with Gasteiger partial charge in [0.1, 0.15) is 12.1 Å². The predicted octanol–water partition coefficient (Wildman–Crippen LogP) is 3.71. The number of rotatable bonds is 15. The molecule has 5 rings (SSSR count). The molecule has 310 valence electrons. The average Bonchev–Trinajstić information content (AvgIpc) is 3.96. The number of carbonyl (C=O) groups is 5. The number of piperidine rings is 1. The lowest BCUT2D eigenvalue weighted by Crippen LogP contribution is -2.64. The number of carbonyl (C=O) groups excluding carboxylic acids is 5. The van der Waals surface area contributed by atoms with Crippen LogP contribution in [0.4, 0.5) is 10.5 Å². The highest BCUT2D eigenvalue weighted by molar-refractivity contribution is 6.38. The van der Waals surface area contributed by atoms with Crippen LogP contribution in [0.1, 0.15) is 119 Å². The second-order valence-corrected chi connectivity index (χ2v) is 20.2. The summed E-state index contributed by atoms with van der Waals surface area (Å²) in [4.78, 5) is 98.2. The molecule has 0 bridgehead atoms. The van der Waals surface area contributed by atoms with Crippen molar-refractivity contribution in [1.82, 2.24) is 26.2 Å². The van der Waals surface area contributed by atoms with Gasteiger partial charge in [0.2, 0.25) is 28.5 Å². The Kier molecular flexibility index (Phi) is 12.1. The third-order valence-corrected chi connectivity index (χ3v) is 13.3. The zero-order valence-electron chi connectivity index (χ0n) is 35.4. The number of urea groups is 1. The summed E-state index contributed by atoms with van der Waals surface area (Å²) < 4.78 is 0. The van der Waals surface area contributed by atoms with E-state index < -0.39 is 74.9 Å². The molecule has 13 nitrogen and oxygen atoms in total. The maximum Gasteiger partial charge on any atom is 0.315 e. The molecule has 13 heteroatoms. The normalized spacial score (nSPS) is 24.2. The first kappa shape index (κ1) is 43.1. The minimum atomic E-state index is -1.01. The molecule has 0 aromatic heterocycles. The van der Waals surface area contributed by atoms with Gasteiger partial charge in [-0.05, 0) is 58.7 Å². The van der Waals surface area contributed by atoms with Gasteiger partial charge in [-0.2, -0.15) is 0 Å². The zero-order chi connectivity index (χ0) is 41.7. The summed E-state index contributed by atoms with van der Waals surface area (Å²) in [5.74, 6) is -2.10. The summed E-state index contributed by atoms with van der Waals surface area (Å²) in [6.45, 7) is 22.1. The first-order valence-electron chi connectivity index (χ1n) is 20.6. The van der Waals surface area contributed by atoms with Crippen molar-refractivity contribution < 1.29 is 24.0 Å². The molecule has 1 aromatic rings. The van der Waals surface area contributed by atoms with Crippen molar-refractivity contribution in [3.63, 3.8) is 0 Å². The first-order valence-corrected chi connectivity index (χ1v) is 20.6. The van der Waals surface area contributed by atoms with E-state index in [1.165, 1.54) is 6.08 Å². The number of anilines is 1. The van der Waals surface area contributed by atoms with Crippen LogP contribution in [0.25, 0.3) is 0 Å². The van der Waals surface area contributed by atoms with E-state index >= 15 is 0 Å². The predicted molar refractivity (Wildman–Crippen MR) is 217 cm³/mol. The van der Waals surface area contributed by atoms with E-state index in [2.05, 4.69) is 41.7 Å². The van der Waals surface area contributed by atoms with Crippen LogP contribution >= 0.6 is 0 Å². The SMILES string of the molecule is C=CCNC(=O)C(=O)C(CC1CC1)NC(=O)[C@@H]1[C@@H]2[C@H](CN1C(=O)[C@@H](NC(=O)N[C@H](CN(C)c1c(C(C)(C)C)c(=O)c1=O)C(C)(C)C)C1(C)CCCCC1)C2(C)C. The second kappa shape index (κ2) is 15.7. The molecule has 4 fully saturated rings. The Morgan fingerprint density at radius 2 is 1.55 bits per heavy atom. The van der Waals surface area contributed by atoms with Gasteiger partial charge < -0.3 is 31.1 Å². The van der Waals surface area contributed by atoms with Crippen LogP contribution in [0.15, 0.2) is 22.2 Å². The van der Waals surface area contributed by atoms with Gasteiger partial charge in [0.25, 0.3) is 5.91 Å². The quantitative estimate of drug-likeness (QED) is 0.154. The van der Waals surface area contributed by atoms with Crippen molar-refractivity contribution in [3.8, 4) is 0 Å². The van der Waals surface area contributed by atoms with Crippen LogP contribution < -0.4 is 37.0 Å². The number of hydrogen-bond donors (Lipinski definition) is 4. The largest absolute Gasteiger partial charge is 0.369 e. The van der Waals surface area contributed by atoms with Crippen molar-refractivity contribution in [3.05, 3.63) is 38.7 Å². The summed E-state index contributed by atoms with van der Waals surface area (Å²) in [5, 5.41) is 11.6. The number of ketones is 1. The van der Waals surface area contributed by atoms with Crippen LogP contribution in [0.3, 0.4) is 0 Å². The minimum absolute atomic E-state index is 0.0681. The van der Waals surface area contributed by atoms with Crippen LogP contribution in [0, 0.1) is 34.0 Å². The Morgan fingerprint density at radius 3 is 2.11 bits per heavy atom. The Labute approximate surface area is 332 Å². The van der Waals surface area contributed by atoms with Crippen molar-refractivity contribution in [2.45, 2.75) is 143 Å². The van der Waals surface area contributed by atoms with Crippen LogP contribution in [0.2, 0.25) is 0 Å². The van der Waals surface area contributed by atoms with E-state index in [4.69, 9.17) is 0 Å². The number of likely N-dealkylation sites (N-methyl/N-ethyl adjacent to an activating group) is 1. The van der Waals surface area contributed by atoms with Crippen LogP contribution in [0.5, 0.6) is 0 Å². The lowest BCUT2D eigenvalue weighted by Gasteiger charge is -2.43. The highest BCUT2D eigenvalue weighted by Gasteiger charge is 2.70. The van der Waals surface area contributed by atoms with E-state index in [9.17, 15) is 33.6 Å². The molecular weight excluding hydrogens is 713 g/mol. The summed E-state index contributed by atoms with van der Waals surface area (Å²) in [6.07, 6.45) is 7.95. The molecule has 3 saturated carbocycles. The monoisotopic (exact) mass is 778 g/mol. The van der Waals surface area contributed by atoms with Crippen molar-refractivity contribution in [1.29, 1.82) is 0 Å². The number of likely N-dealkylation sites (tertiary alicyclic amines) is 1. The van der Waals surface area contributed by atoms with Gasteiger partial charge in [-0.15, -0.1) is 6.58 Å². The molecule has 5 amide bonds. The molecule has 1 aromatic carbocycles. The zero-order valence-corrected chi connectivity index (χ0v) is 35.4. The fourth-order valence-electron chi connectivity index (χ4n) is 9.42. The van der Waals surface area contributed by atoms with Crippen LogP contribution in [-0.2, 0) is 24.6 Å². The standard InChI is InChI=1S/C43H66N6O7/c1-12-20-44-37(54)32(50)26(21-24-16-17-24)45-36(53)31-28-25(42(28,8)9)22-49(31)38(55)35(43(10)18-14-13-15-19-43)47-39(56)46-27(40(2,3)4)23-48(11)30-29(41(5,6)7)33(51)34(30)52/h12,24-28,31,35H,1,13-23H2,2-11H3,(H,44,54)(H,45,53)(H2,46,47,56)/t25-,26?,27+,28-,31-,35+/m0/s1. The average molecular weight is 779 g/mol. The van der Waals surface area contributed by atoms with Crippen LogP contribution in [-0.4, -0.2) is 85.3 Å². The Morgan fingerprint density at radius 1 is 0.929 bits per heavy atom. The van der Waals surface area contributed by atoms with E-state index in [0.717, 1.165) is 44.9 Å². The molecule has 1 aliphatic heterocycles. The number of amides is 5. The maximum absolute atomic E-state index is 15.0. The number of fused-ring (bicyclic) bond motifs is 1. The molecule has 4 N–H and O–H groups in total. The fourth-order valence-corrected chi connectivity index (χ4v) is 9.42. The molecule has 1 heterocycles. The summed E-state index contributed by atoms with van der Waals surface area (Å²) >= 11 is 0. The number of nitrogens with one attached hydrogen (secondary N) is 4. The highest BCUT2D eigenvalue weighted by atomic mass is 16.2. The fraction of sp³-hybridized carbons (Fsp3) is 0.744. The minimum Gasteiger partial charge on any atom is -0.369 e. The van der Waals surface area contributed by atoms with E-state index in [0.29, 0.717) is 24.2 Å². The number of hydrogen-bond acceptors (Lipinski definition) is 8. The Balaban J connectivity index is 1.38. The molecule has 0 spiro atoms. The molecule has 0 radical (unpaired) electrons. The molecule has 1 saturated heterocycles. The van der Waals surface area contributed by atoms with Gasteiger partial charge in [-0.3, -0.25) is 28.8 Å². The third-order valence-electron chi connectivity index (χ3n) is 13.3. The second-order valence-electron chi connectivity index (χ2n) is 20.2. The lowest BCUT2D eigenvalue weighted by atomic mass is 9.70. The van der Waals surface area contributed by atoms with Gasteiger partial charge >= 0.3 is 6.03 Å². The lowest BCUT2D eigenvalue weighted by molar-refractivity contribution is -0.146. The molecular formula is C43H66N6O7. The summed E-state index contributed by atoms with van der Waals surface area (Å²) in [5.41, 5.74) is -1.95. The van der Waals surface area contributed by atoms with E-state index in [1.54, 1.807) is 16.8 Å². The number of nitrogens with zero attached hydrogens (tertiary/aromatic N) is 2. The topological polar surface area (TPSA) is 174 Å². The summed E-state index contributed by atoms with van der Waals surface area (Å²) in [7, 11) is 1.75. The van der Waals surface area contributed by atoms with E-state index in [-0.39, 0.29) is 42.2 Å². The number of Topliss-reactive ketones (excluding diaryl/α,β-unsaturated/α-hetero) is 1. The van der Waals surface area contributed by atoms with Gasteiger partial charge in [0.05, 0.1) is 17.8 Å². The Hall–Kier alpha value is -4.03. The van der Waals surface area contributed by atoms with Crippen molar-refractivity contribution in [2.75, 3.05) is 31.6 Å². The molecule has 6 atom stereocenters. The smallest absolute Gasteiger partial charge is 0.315 e. The third kappa shape index (κ3) is 8.76. The first-order chi connectivity index (χ1) is 25.9. The molecule has 3 aliphatic carbocycles. The molecule has 4 aliphatic rings. The van der Waals surface area contributed by atoms with Crippen molar-refractivity contribution >= 4 is 35.2 Å². The van der Waals surface area contributed by atoms with Gasteiger partial charge in [-0.25, -0.2) is 4.79 Å². The molecule has 56 heavy (non-hydrogen) atoms. The van der Waals surface area contributed by atoms with Gasteiger partial charge in [0.15, 0.2) is 0 Å². The Bertz CT molecular complexity index is 1790. The van der Waals surface area contributed by atoms with Crippen molar-refractivity contribution in [2.24, 2.45) is 34.0 Å². The summed E-state index contributed by atoms with van der Waals surface area (Å²) in [6, 6.07) is -3.83.